The number of halogens is 3. The molecular weight excluding hydrogens is 513 g/mol. The van der Waals surface area contributed by atoms with Crippen molar-refractivity contribution in [2.45, 2.75) is 17.0 Å². The first-order valence-corrected chi connectivity index (χ1v) is 10.3. The molecule has 3 rings (SSSR count). The smallest absolute Gasteiger partial charge is 0.273 e. The van der Waals surface area contributed by atoms with E-state index in [2.05, 4.69) is 50.7 Å². The standard InChI is InChI=1S/C15H11F2IN4O3S2/c1-6-4-7(18)2-3-9(6)20-13-8(14-21-22-15(26)25-14)5-10(27(19,23)24)11(16)12(13)17/h2-5,20H,1H3,(H,22,26)(H2,19,23,24). The molecule has 0 unspecified atom stereocenters. The van der Waals surface area contributed by atoms with Crippen LogP contribution in [-0.4, -0.2) is 18.6 Å². The van der Waals surface area contributed by atoms with Crippen LogP contribution in [0.3, 0.4) is 0 Å². The van der Waals surface area contributed by atoms with E-state index in [4.69, 9.17) is 9.56 Å². The van der Waals surface area contributed by atoms with Gasteiger partial charge in [-0.3, -0.25) is 0 Å². The maximum atomic E-state index is 14.8. The van der Waals surface area contributed by atoms with E-state index in [0.29, 0.717) is 5.69 Å². The van der Waals surface area contributed by atoms with Crippen molar-refractivity contribution >= 4 is 56.6 Å². The van der Waals surface area contributed by atoms with Crippen LogP contribution in [0.25, 0.3) is 11.5 Å². The lowest BCUT2D eigenvalue weighted by Crippen LogP contribution is -2.16. The molecule has 27 heavy (non-hydrogen) atoms. The van der Waals surface area contributed by atoms with Crippen LogP contribution in [0, 0.1) is 22.1 Å². The molecule has 0 aliphatic rings. The predicted octanol–water partition coefficient (Wildman–Crippen LogP) is 3.61. The third kappa shape index (κ3) is 4.07. The van der Waals surface area contributed by atoms with Crippen molar-refractivity contribution in [3.8, 4) is 11.5 Å². The Kier molecular flexibility index (Phi) is 5.42. The molecule has 0 atom stereocenters. The molecule has 1 aromatic heterocycles. The molecule has 0 amide bonds. The molecular formula is C15H11F2IN4O3S2. The highest BCUT2D eigenvalue weighted by Gasteiger charge is 2.27. The number of aromatic nitrogens is 2. The Morgan fingerprint density at radius 1 is 1.22 bits per heavy atom. The monoisotopic (exact) mass is 524 g/mol. The van der Waals surface area contributed by atoms with Crippen LogP contribution >= 0.6 is 35.2 Å². The summed E-state index contributed by atoms with van der Waals surface area (Å²) in [5.41, 5.74) is 0.678. The van der Waals surface area contributed by atoms with Crippen molar-refractivity contribution in [3.63, 3.8) is 0 Å². The van der Waals surface area contributed by atoms with Gasteiger partial charge in [-0.05, 0) is 59.3 Å². The van der Waals surface area contributed by atoms with Gasteiger partial charge in [-0.1, -0.05) is 12.6 Å². The number of hydrogen-bond acceptors (Lipinski definition) is 7. The normalized spacial score (nSPS) is 11.6. The number of benzene rings is 2. The number of anilines is 2. The lowest BCUT2D eigenvalue weighted by Gasteiger charge is -2.15. The summed E-state index contributed by atoms with van der Waals surface area (Å²) >= 11 is 5.99. The summed E-state index contributed by atoms with van der Waals surface area (Å²) in [7, 11) is -4.54. The van der Waals surface area contributed by atoms with Gasteiger partial charge < -0.3 is 9.73 Å². The van der Waals surface area contributed by atoms with Gasteiger partial charge in [0.1, 0.15) is 4.90 Å². The van der Waals surface area contributed by atoms with Gasteiger partial charge in [-0.25, -0.2) is 22.3 Å². The molecule has 0 saturated heterocycles. The molecule has 0 radical (unpaired) electrons. The van der Waals surface area contributed by atoms with Crippen LogP contribution in [-0.2, 0) is 10.0 Å². The fourth-order valence-corrected chi connectivity index (χ4v) is 3.73. The van der Waals surface area contributed by atoms with Gasteiger partial charge in [-0.15, -0.1) is 10.2 Å². The fourth-order valence-electron chi connectivity index (χ4n) is 2.33. The highest BCUT2D eigenvalue weighted by molar-refractivity contribution is 14.1. The molecule has 0 fully saturated rings. The Morgan fingerprint density at radius 3 is 2.48 bits per heavy atom. The lowest BCUT2D eigenvalue weighted by molar-refractivity contribution is 0.465. The van der Waals surface area contributed by atoms with Gasteiger partial charge in [0.2, 0.25) is 10.0 Å². The van der Waals surface area contributed by atoms with Crippen LogP contribution in [0.5, 0.6) is 0 Å². The largest absolute Gasteiger partial charge is 0.411 e. The summed E-state index contributed by atoms with van der Waals surface area (Å²) < 4.78 is 58.5. The molecule has 0 bridgehead atoms. The van der Waals surface area contributed by atoms with E-state index >= 15 is 0 Å². The minimum atomic E-state index is -4.54. The number of thiol groups is 1. The van der Waals surface area contributed by atoms with E-state index in [1.54, 1.807) is 19.1 Å². The minimum absolute atomic E-state index is 0.136. The molecule has 12 heteroatoms. The predicted molar refractivity (Wildman–Crippen MR) is 105 cm³/mol. The molecule has 2 aromatic carbocycles. The number of nitrogens with one attached hydrogen (secondary N) is 1. The minimum Gasteiger partial charge on any atom is -0.411 e. The summed E-state index contributed by atoms with van der Waals surface area (Å²) in [6, 6.07) is 6.09. The molecule has 0 saturated carbocycles. The quantitative estimate of drug-likeness (QED) is 0.356. The average molecular weight is 524 g/mol. The highest BCUT2D eigenvalue weighted by Crippen LogP contribution is 2.37. The van der Waals surface area contributed by atoms with Crippen LogP contribution in [0.2, 0.25) is 0 Å². The van der Waals surface area contributed by atoms with E-state index in [-0.39, 0.29) is 22.4 Å². The second-order valence-corrected chi connectivity index (χ2v) is 8.60. The topological polar surface area (TPSA) is 111 Å². The lowest BCUT2D eigenvalue weighted by atomic mass is 10.1. The maximum absolute atomic E-state index is 14.8. The third-order valence-electron chi connectivity index (χ3n) is 3.57. The van der Waals surface area contributed by atoms with Crippen molar-refractivity contribution in [1.82, 2.24) is 10.2 Å². The van der Waals surface area contributed by atoms with E-state index < -0.39 is 26.6 Å². The summed E-state index contributed by atoms with van der Waals surface area (Å²) in [6.07, 6.45) is 0. The molecule has 0 spiro atoms. The maximum Gasteiger partial charge on any atom is 0.273 e. The molecule has 3 N–H and O–H groups in total. The third-order valence-corrected chi connectivity index (χ3v) is 5.33. The second-order valence-electron chi connectivity index (χ2n) is 5.44. The van der Waals surface area contributed by atoms with E-state index in [9.17, 15) is 17.2 Å². The summed E-state index contributed by atoms with van der Waals surface area (Å²) in [5, 5.41) is 14.8. The Labute approximate surface area is 172 Å². The van der Waals surface area contributed by atoms with Crippen LogP contribution < -0.4 is 10.5 Å². The van der Waals surface area contributed by atoms with Crippen LogP contribution in [0.1, 0.15) is 5.56 Å². The van der Waals surface area contributed by atoms with Gasteiger partial charge in [0.25, 0.3) is 11.1 Å². The Balaban J connectivity index is 2.27. The SMILES string of the molecule is Cc1cc(I)ccc1Nc1c(-c2nnc(S)o2)cc(S(N)(=O)=O)c(F)c1F. The molecule has 0 aliphatic heterocycles. The van der Waals surface area contributed by atoms with Crippen LogP contribution in [0.4, 0.5) is 20.2 Å². The number of hydrogen-bond donors (Lipinski definition) is 3. The second kappa shape index (κ2) is 7.33. The first-order valence-electron chi connectivity index (χ1n) is 7.18. The molecule has 3 aromatic rings. The van der Waals surface area contributed by atoms with E-state index in [1.165, 1.54) is 0 Å². The molecule has 142 valence electrons. The first kappa shape index (κ1) is 20.0. The van der Waals surface area contributed by atoms with Crippen molar-refractivity contribution in [2.75, 3.05) is 5.32 Å². The summed E-state index contributed by atoms with van der Waals surface area (Å²) in [6.45, 7) is 1.77. The van der Waals surface area contributed by atoms with Crippen LogP contribution in [0.15, 0.2) is 38.8 Å². The summed E-state index contributed by atoms with van der Waals surface area (Å²) in [4.78, 5) is -1.03. The number of nitrogens with two attached hydrogens (primary N) is 1. The van der Waals surface area contributed by atoms with Gasteiger partial charge >= 0.3 is 0 Å². The molecule has 0 aliphatic carbocycles. The first-order chi connectivity index (χ1) is 12.6. The van der Waals surface area contributed by atoms with Crippen molar-refractivity contribution in [2.24, 2.45) is 5.14 Å². The van der Waals surface area contributed by atoms with E-state index in [1.807, 2.05) is 6.07 Å². The number of primary sulfonamides is 1. The molecule has 1 heterocycles. The Hall–Kier alpha value is -1.77. The van der Waals surface area contributed by atoms with Gasteiger partial charge in [0.05, 0.1) is 11.3 Å². The zero-order valence-corrected chi connectivity index (χ0v) is 17.4. The summed E-state index contributed by atoms with van der Waals surface area (Å²) in [5.74, 6) is -3.32. The average Bonchev–Trinajstić information content (AvgIpc) is 2.99. The Bertz CT molecular complexity index is 1150. The molecule has 7 nitrogen and oxygen atoms in total. The van der Waals surface area contributed by atoms with Crippen molar-refractivity contribution in [1.29, 1.82) is 0 Å². The zero-order chi connectivity index (χ0) is 19.9. The number of nitrogens with zero attached hydrogens (tertiary/aromatic N) is 2. The van der Waals surface area contributed by atoms with Crippen molar-refractivity contribution < 1.29 is 21.6 Å². The van der Waals surface area contributed by atoms with Gasteiger partial charge in [0.15, 0.2) is 11.6 Å². The highest BCUT2D eigenvalue weighted by atomic mass is 127. The Morgan fingerprint density at radius 2 is 1.93 bits per heavy atom. The number of sulfonamides is 1. The van der Waals surface area contributed by atoms with Gasteiger partial charge in [0, 0.05) is 9.26 Å². The van der Waals surface area contributed by atoms with Gasteiger partial charge in [-0.2, -0.15) is 0 Å². The fraction of sp³-hybridized carbons (Fsp3) is 0.0667. The van der Waals surface area contributed by atoms with Crippen molar-refractivity contribution in [3.05, 3.63) is 45.0 Å². The van der Waals surface area contributed by atoms with E-state index in [0.717, 1.165) is 15.2 Å². The zero-order valence-electron chi connectivity index (χ0n) is 13.5. The number of aryl methyl sites for hydroxylation is 1. The number of rotatable bonds is 4.